The summed E-state index contributed by atoms with van der Waals surface area (Å²) in [6, 6.07) is 5.12. The highest BCUT2D eigenvalue weighted by Gasteiger charge is 2.20. The molecule has 0 aliphatic rings. The second kappa shape index (κ2) is 7.14. The summed E-state index contributed by atoms with van der Waals surface area (Å²) in [4.78, 5) is 12.2. The van der Waals surface area contributed by atoms with Gasteiger partial charge in [0.25, 0.3) is 5.91 Å². The number of aliphatic hydroxyl groups excluding tert-OH is 1. The Bertz CT molecular complexity index is 458. The number of carbonyl (C=O) groups excluding carboxylic acids is 1. The van der Waals surface area contributed by atoms with Gasteiger partial charge in [0.05, 0.1) is 17.9 Å². The van der Waals surface area contributed by atoms with Crippen molar-refractivity contribution in [3.63, 3.8) is 0 Å². The summed E-state index contributed by atoms with van der Waals surface area (Å²) in [6.45, 7) is 6.86. The number of hydrogen-bond acceptors (Lipinski definition) is 4. The fourth-order valence-corrected chi connectivity index (χ4v) is 1.84. The summed E-state index contributed by atoms with van der Waals surface area (Å²) >= 11 is 0. The number of aliphatic hydroxyl groups is 1. The van der Waals surface area contributed by atoms with Gasteiger partial charge in [0.2, 0.25) is 0 Å². The van der Waals surface area contributed by atoms with E-state index in [0.717, 1.165) is 0 Å². The minimum Gasteiger partial charge on any atom is -0.491 e. The lowest BCUT2D eigenvalue weighted by molar-refractivity contribution is 0.0924. The van der Waals surface area contributed by atoms with Crippen molar-refractivity contribution in [3.05, 3.63) is 23.8 Å². The van der Waals surface area contributed by atoms with Crippen LogP contribution in [0.2, 0.25) is 0 Å². The topological polar surface area (TPSA) is 84.6 Å². The first-order valence-corrected chi connectivity index (χ1v) is 6.81. The second-order valence-corrected chi connectivity index (χ2v) is 5.48. The van der Waals surface area contributed by atoms with Crippen molar-refractivity contribution < 1.29 is 14.6 Å². The molecule has 0 saturated carbocycles. The van der Waals surface area contributed by atoms with E-state index in [0.29, 0.717) is 36.6 Å². The maximum Gasteiger partial charge on any atom is 0.255 e. The number of ether oxygens (including phenoxy) is 1. The van der Waals surface area contributed by atoms with Crippen LogP contribution in [0.3, 0.4) is 0 Å². The van der Waals surface area contributed by atoms with E-state index in [2.05, 4.69) is 5.32 Å². The highest BCUT2D eigenvalue weighted by molar-refractivity contribution is 5.98. The number of nitrogen functional groups attached to an aromatic ring is 1. The van der Waals surface area contributed by atoms with Crippen molar-refractivity contribution in [1.29, 1.82) is 0 Å². The largest absolute Gasteiger partial charge is 0.491 e. The summed E-state index contributed by atoms with van der Waals surface area (Å²) in [5.74, 6) is 0.208. The molecule has 1 aromatic carbocycles. The van der Waals surface area contributed by atoms with Crippen LogP contribution in [0, 0.1) is 5.41 Å². The second-order valence-electron chi connectivity index (χ2n) is 5.48. The number of hydrogen-bond donors (Lipinski definition) is 3. The Morgan fingerprint density at radius 3 is 2.75 bits per heavy atom. The van der Waals surface area contributed by atoms with Gasteiger partial charge in [0.15, 0.2) is 5.75 Å². The van der Waals surface area contributed by atoms with E-state index < -0.39 is 0 Å². The van der Waals surface area contributed by atoms with E-state index in [1.807, 2.05) is 20.8 Å². The molecule has 0 aliphatic carbocycles. The van der Waals surface area contributed by atoms with E-state index in [4.69, 9.17) is 15.6 Å². The monoisotopic (exact) mass is 280 g/mol. The molecule has 112 valence electrons. The lowest BCUT2D eigenvalue weighted by Crippen LogP contribution is -2.34. The highest BCUT2D eigenvalue weighted by atomic mass is 16.5. The Morgan fingerprint density at radius 2 is 2.15 bits per heavy atom. The van der Waals surface area contributed by atoms with Gasteiger partial charge in [-0.05, 0) is 30.9 Å². The molecule has 0 aliphatic heterocycles. The lowest BCUT2D eigenvalue weighted by Gasteiger charge is -2.24. The molecule has 1 aromatic rings. The maximum absolute atomic E-state index is 12.2. The molecule has 0 bridgehead atoms. The number of nitrogens with two attached hydrogens (primary N) is 1. The number of para-hydroxylation sites is 1. The Balaban J connectivity index is 2.80. The van der Waals surface area contributed by atoms with Crippen LogP contribution < -0.4 is 15.8 Å². The molecule has 0 heterocycles. The van der Waals surface area contributed by atoms with Crippen LogP contribution in [-0.2, 0) is 0 Å². The van der Waals surface area contributed by atoms with Crippen molar-refractivity contribution in [1.82, 2.24) is 5.32 Å². The van der Waals surface area contributed by atoms with E-state index in [9.17, 15) is 4.79 Å². The zero-order valence-corrected chi connectivity index (χ0v) is 12.4. The Labute approximate surface area is 120 Å². The first-order valence-electron chi connectivity index (χ1n) is 6.81. The first kappa shape index (κ1) is 16.3. The van der Waals surface area contributed by atoms with Gasteiger partial charge in [-0.2, -0.15) is 0 Å². The number of carbonyl (C=O) groups is 1. The highest BCUT2D eigenvalue weighted by Crippen LogP contribution is 2.26. The van der Waals surface area contributed by atoms with Crippen LogP contribution in [-0.4, -0.2) is 30.8 Å². The zero-order chi connectivity index (χ0) is 15.2. The van der Waals surface area contributed by atoms with Gasteiger partial charge in [0.1, 0.15) is 0 Å². The summed E-state index contributed by atoms with van der Waals surface area (Å²) in [7, 11) is 0. The van der Waals surface area contributed by atoms with Crippen molar-refractivity contribution in [2.45, 2.75) is 27.2 Å². The SMILES string of the molecule is CCOc1c(N)cccc1C(=O)NCC(C)(C)CCO. The van der Waals surface area contributed by atoms with Gasteiger partial charge >= 0.3 is 0 Å². The number of nitrogens with one attached hydrogen (secondary N) is 1. The van der Waals surface area contributed by atoms with Gasteiger partial charge in [-0.1, -0.05) is 19.9 Å². The van der Waals surface area contributed by atoms with Crippen LogP contribution in [0.4, 0.5) is 5.69 Å². The normalized spacial score (nSPS) is 11.2. The summed E-state index contributed by atoms with van der Waals surface area (Å²) < 4.78 is 5.44. The van der Waals surface area contributed by atoms with Crippen molar-refractivity contribution >= 4 is 11.6 Å². The zero-order valence-electron chi connectivity index (χ0n) is 12.4. The van der Waals surface area contributed by atoms with Crippen LogP contribution in [0.5, 0.6) is 5.75 Å². The predicted octanol–water partition coefficient (Wildman–Crippen LogP) is 1.81. The number of anilines is 1. The standard InChI is InChI=1S/C15H24N2O3/c1-4-20-13-11(6-5-7-12(13)16)14(19)17-10-15(2,3)8-9-18/h5-7,18H,4,8-10,16H2,1-3H3,(H,17,19). The summed E-state index contributed by atoms with van der Waals surface area (Å²) in [6.07, 6.45) is 0.628. The number of amides is 1. The van der Waals surface area contributed by atoms with Crippen molar-refractivity contribution in [2.24, 2.45) is 5.41 Å². The maximum atomic E-state index is 12.2. The van der Waals surface area contributed by atoms with E-state index in [1.165, 1.54) is 0 Å². The third-order valence-corrected chi connectivity index (χ3v) is 3.09. The summed E-state index contributed by atoms with van der Waals surface area (Å²) in [5, 5.41) is 11.8. The van der Waals surface area contributed by atoms with Crippen molar-refractivity contribution in [3.8, 4) is 5.75 Å². The Kier molecular flexibility index (Phi) is 5.82. The third-order valence-electron chi connectivity index (χ3n) is 3.09. The van der Waals surface area contributed by atoms with E-state index >= 15 is 0 Å². The molecule has 0 unspecified atom stereocenters. The molecule has 0 saturated heterocycles. The number of rotatable bonds is 7. The molecule has 0 fully saturated rings. The van der Waals surface area contributed by atoms with Crippen LogP contribution in [0.15, 0.2) is 18.2 Å². The van der Waals surface area contributed by atoms with Crippen LogP contribution in [0.1, 0.15) is 37.6 Å². The quantitative estimate of drug-likeness (QED) is 0.665. The molecular formula is C15H24N2O3. The molecule has 5 heteroatoms. The fourth-order valence-electron chi connectivity index (χ4n) is 1.84. The van der Waals surface area contributed by atoms with Gasteiger partial charge in [-0.25, -0.2) is 0 Å². The minimum absolute atomic E-state index is 0.103. The molecule has 1 amide bonds. The number of benzene rings is 1. The Hall–Kier alpha value is -1.75. The average molecular weight is 280 g/mol. The third kappa shape index (κ3) is 4.42. The predicted molar refractivity (Wildman–Crippen MR) is 79.8 cm³/mol. The Morgan fingerprint density at radius 1 is 1.45 bits per heavy atom. The van der Waals surface area contributed by atoms with E-state index in [1.54, 1.807) is 18.2 Å². The molecule has 1 rings (SSSR count). The summed E-state index contributed by atoms with van der Waals surface area (Å²) in [5.41, 5.74) is 6.57. The van der Waals surface area contributed by atoms with Crippen molar-refractivity contribution in [2.75, 3.05) is 25.5 Å². The molecule has 0 radical (unpaired) electrons. The minimum atomic E-state index is -0.216. The molecule has 0 atom stereocenters. The molecule has 0 aromatic heterocycles. The fraction of sp³-hybridized carbons (Fsp3) is 0.533. The van der Waals surface area contributed by atoms with Gasteiger partial charge in [-0.15, -0.1) is 0 Å². The molecule has 5 nitrogen and oxygen atoms in total. The van der Waals surface area contributed by atoms with Gasteiger partial charge in [-0.3, -0.25) is 4.79 Å². The molecular weight excluding hydrogens is 256 g/mol. The molecule has 0 spiro atoms. The smallest absolute Gasteiger partial charge is 0.255 e. The van der Waals surface area contributed by atoms with Gasteiger partial charge in [0, 0.05) is 13.2 Å². The van der Waals surface area contributed by atoms with Crippen LogP contribution >= 0.6 is 0 Å². The first-order chi connectivity index (χ1) is 9.41. The van der Waals surface area contributed by atoms with E-state index in [-0.39, 0.29) is 17.9 Å². The lowest BCUT2D eigenvalue weighted by atomic mass is 9.89. The molecule has 4 N–H and O–H groups in total. The average Bonchev–Trinajstić information content (AvgIpc) is 2.38. The van der Waals surface area contributed by atoms with Gasteiger partial charge < -0.3 is 20.9 Å². The van der Waals surface area contributed by atoms with Crippen LogP contribution in [0.25, 0.3) is 0 Å². The molecule has 20 heavy (non-hydrogen) atoms.